The Morgan fingerprint density at radius 1 is 0.611 bits per heavy atom. The van der Waals surface area contributed by atoms with Crippen LogP contribution in [0, 0.1) is 0 Å². The van der Waals surface area contributed by atoms with Crippen molar-refractivity contribution >= 4 is 11.4 Å². The van der Waals surface area contributed by atoms with E-state index in [0.717, 1.165) is 35.7 Å². The average molecular weight is 485 g/mol. The maximum Gasteiger partial charge on any atom is 0.134 e. The van der Waals surface area contributed by atoms with E-state index in [1.807, 2.05) is 78.9 Å². The fourth-order valence-electron chi connectivity index (χ4n) is 3.93. The van der Waals surface area contributed by atoms with Gasteiger partial charge in [0.1, 0.15) is 28.7 Å². The summed E-state index contributed by atoms with van der Waals surface area (Å²) in [5.74, 6) is 3.63. The van der Waals surface area contributed by atoms with Crippen LogP contribution >= 0.6 is 0 Å². The van der Waals surface area contributed by atoms with E-state index in [2.05, 4.69) is 22.8 Å². The molecule has 0 aliphatic rings. The van der Waals surface area contributed by atoms with Crippen LogP contribution in [0.15, 0.2) is 91.0 Å². The molecule has 0 aromatic heterocycles. The highest BCUT2D eigenvalue weighted by molar-refractivity contribution is 5.61. The van der Waals surface area contributed by atoms with Crippen LogP contribution in [-0.4, -0.2) is 27.9 Å². The van der Waals surface area contributed by atoms with E-state index < -0.39 is 0 Å². The predicted octanol–water partition coefficient (Wildman–Crippen LogP) is 6.58. The van der Waals surface area contributed by atoms with E-state index >= 15 is 0 Å². The zero-order valence-electron chi connectivity index (χ0n) is 20.9. The van der Waals surface area contributed by atoms with Gasteiger partial charge >= 0.3 is 0 Å². The van der Waals surface area contributed by atoms with Gasteiger partial charge in [-0.3, -0.25) is 0 Å². The van der Waals surface area contributed by atoms with Gasteiger partial charge in [-0.15, -0.1) is 0 Å². The van der Waals surface area contributed by atoms with Gasteiger partial charge in [0, 0.05) is 36.1 Å². The zero-order valence-corrected chi connectivity index (χ0v) is 20.9. The minimum absolute atomic E-state index is 0.604. The summed E-state index contributed by atoms with van der Waals surface area (Å²) in [6, 6.07) is 29.7. The standard InChI is InChI=1S/C30H32N2O4/c1-33-25-13-7-9-22(17-25)15-16-31-21-28-29(34-2)19-27(20-30(28)35-3)36-26-14-8-12-24(18-26)32-23-10-5-4-6-11-23/h4-14,17-20,31-32H,15-16,21H2,1-3H3. The number of rotatable bonds is 12. The van der Waals surface area contributed by atoms with Gasteiger partial charge in [-0.25, -0.2) is 0 Å². The van der Waals surface area contributed by atoms with Gasteiger partial charge in [-0.2, -0.15) is 0 Å². The molecular formula is C30H32N2O4. The van der Waals surface area contributed by atoms with Crippen LogP contribution in [0.3, 0.4) is 0 Å². The number of nitrogens with one attached hydrogen (secondary N) is 2. The second-order valence-corrected chi connectivity index (χ2v) is 8.21. The highest BCUT2D eigenvalue weighted by Gasteiger charge is 2.14. The summed E-state index contributed by atoms with van der Waals surface area (Å²) < 4.78 is 22.9. The molecule has 6 heteroatoms. The second kappa shape index (κ2) is 12.5. The van der Waals surface area contributed by atoms with Crippen LogP contribution in [-0.2, 0) is 13.0 Å². The summed E-state index contributed by atoms with van der Waals surface area (Å²) in [7, 11) is 4.99. The molecule has 0 heterocycles. The normalized spacial score (nSPS) is 10.5. The van der Waals surface area contributed by atoms with Gasteiger partial charge in [0.15, 0.2) is 0 Å². The third-order valence-corrected chi connectivity index (χ3v) is 5.74. The molecule has 0 aliphatic carbocycles. The highest BCUT2D eigenvalue weighted by atomic mass is 16.5. The summed E-state index contributed by atoms with van der Waals surface area (Å²) in [4.78, 5) is 0. The van der Waals surface area contributed by atoms with Crippen molar-refractivity contribution in [1.29, 1.82) is 0 Å². The third kappa shape index (κ3) is 6.71. The lowest BCUT2D eigenvalue weighted by Crippen LogP contribution is -2.17. The van der Waals surface area contributed by atoms with Gasteiger partial charge in [0.2, 0.25) is 0 Å². The lowest BCUT2D eigenvalue weighted by Gasteiger charge is -2.17. The lowest BCUT2D eigenvalue weighted by molar-refractivity contribution is 0.375. The number of methoxy groups -OCH3 is 3. The Bertz CT molecular complexity index is 1240. The summed E-state index contributed by atoms with van der Waals surface area (Å²) in [6.07, 6.45) is 0.885. The lowest BCUT2D eigenvalue weighted by atomic mass is 10.1. The van der Waals surface area contributed by atoms with Crippen molar-refractivity contribution in [3.63, 3.8) is 0 Å². The first-order chi connectivity index (χ1) is 17.7. The molecule has 36 heavy (non-hydrogen) atoms. The fourth-order valence-corrected chi connectivity index (χ4v) is 3.93. The molecule has 0 amide bonds. The summed E-state index contributed by atoms with van der Waals surface area (Å²) in [5.41, 5.74) is 4.11. The third-order valence-electron chi connectivity index (χ3n) is 5.74. The topological polar surface area (TPSA) is 61.0 Å². The first kappa shape index (κ1) is 24.9. The SMILES string of the molecule is COc1cccc(CCNCc2c(OC)cc(Oc3cccc(Nc4ccccc4)c3)cc2OC)c1. The fraction of sp³-hybridized carbons (Fsp3) is 0.200. The molecule has 4 aromatic rings. The van der Waals surface area contributed by atoms with Crippen LogP contribution < -0.4 is 29.6 Å². The first-order valence-electron chi connectivity index (χ1n) is 11.9. The monoisotopic (exact) mass is 484 g/mol. The Labute approximate surface area is 212 Å². The molecule has 0 bridgehead atoms. The van der Waals surface area contributed by atoms with Crippen molar-refractivity contribution in [3.05, 3.63) is 102 Å². The number of anilines is 2. The molecule has 0 aliphatic heterocycles. The van der Waals surface area contributed by atoms with Gasteiger partial charge in [0.05, 0.1) is 26.9 Å². The van der Waals surface area contributed by atoms with E-state index in [1.165, 1.54) is 5.56 Å². The van der Waals surface area contributed by atoms with Gasteiger partial charge in [0.25, 0.3) is 0 Å². The van der Waals surface area contributed by atoms with Crippen molar-refractivity contribution in [2.75, 3.05) is 33.2 Å². The molecule has 0 saturated carbocycles. The Balaban J connectivity index is 1.42. The van der Waals surface area contributed by atoms with Gasteiger partial charge in [-0.05, 0) is 54.9 Å². The minimum Gasteiger partial charge on any atom is -0.497 e. The predicted molar refractivity (Wildman–Crippen MR) is 144 cm³/mol. The Morgan fingerprint density at radius 3 is 2.03 bits per heavy atom. The second-order valence-electron chi connectivity index (χ2n) is 8.21. The van der Waals surface area contributed by atoms with E-state index in [9.17, 15) is 0 Å². The van der Waals surface area contributed by atoms with Crippen molar-refractivity contribution in [2.45, 2.75) is 13.0 Å². The molecule has 6 nitrogen and oxygen atoms in total. The number of benzene rings is 4. The van der Waals surface area contributed by atoms with E-state index in [4.69, 9.17) is 18.9 Å². The summed E-state index contributed by atoms with van der Waals surface area (Å²) >= 11 is 0. The molecule has 186 valence electrons. The van der Waals surface area contributed by atoms with Crippen molar-refractivity contribution in [3.8, 4) is 28.7 Å². The van der Waals surface area contributed by atoms with Crippen LogP contribution in [0.4, 0.5) is 11.4 Å². The molecular weight excluding hydrogens is 452 g/mol. The number of hydrogen-bond acceptors (Lipinski definition) is 6. The quantitative estimate of drug-likeness (QED) is 0.222. The molecule has 0 saturated heterocycles. The zero-order chi connectivity index (χ0) is 25.2. The largest absolute Gasteiger partial charge is 0.497 e. The number of ether oxygens (including phenoxy) is 4. The van der Waals surface area contributed by atoms with Crippen molar-refractivity contribution < 1.29 is 18.9 Å². The maximum absolute atomic E-state index is 6.17. The van der Waals surface area contributed by atoms with Crippen molar-refractivity contribution in [2.24, 2.45) is 0 Å². The Hall–Kier alpha value is -4.16. The Morgan fingerprint density at radius 2 is 1.31 bits per heavy atom. The minimum atomic E-state index is 0.604. The molecule has 0 atom stereocenters. The van der Waals surface area contributed by atoms with Gasteiger partial charge in [-0.1, -0.05) is 36.4 Å². The number of para-hydroxylation sites is 1. The van der Waals surface area contributed by atoms with E-state index in [-0.39, 0.29) is 0 Å². The molecule has 0 spiro atoms. The van der Waals surface area contributed by atoms with Crippen LogP contribution in [0.1, 0.15) is 11.1 Å². The molecule has 0 fully saturated rings. The molecule has 4 aromatic carbocycles. The summed E-state index contributed by atoms with van der Waals surface area (Å²) in [5, 5.41) is 6.87. The molecule has 2 N–H and O–H groups in total. The smallest absolute Gasteiger partial charge is 0.134 e. The molecule has 0 radical (unpaired) electrons. The highest BCUT2D eigenvalue weighted by Crippen LogP contribution is 2.36. The molecule has 0 unspecified atom stereocenters. The first-order valence-corrected chi connectivity index (χ1v) is 11.9. The van der Waals surface area contributed by atoms with E-state index in [1.54, 1.807) is 21.3 Å². The number of hydrogen-bond donors (Lipinski definition) is 2. The summed E-state index contributed by atoms with van der Waals surface area (Å²) in [6.45, 7) is 1.41. The van der Waals surface area contributed by atoms with E-state index in [0.29, 0.717) is 29.5 Å². The van der Waals surface area contributed by atoms with Crippen LogP contribution in [0.25, 0.3) is 0 Å². The van der Waals surface area contributed by atoms with Gasteiger partial charge < -0.3 is 29.6 Å². The average Bonchev–Trinajstić information content (AvgIpc) is 2.92. The molecule has 4 rings (SSSR count). The van der Waals surface area contributed by atoms with Crippen LogP contribution in [0.2, 0.25) is 0 Å². The maximum atomic E-state index is 6.17. The van der Waals surface area contributed by atoms with Crippen molar-refractivity contribution in [1.82, 2.24) is 5.32 Å². The Kier molecular flexibility index (Phi) is 8.67. The van der Waals surface area contributed by atoms with Crippen LogP contribution in [0.5, 0.6) is 28.7 Å².